The summed E-state index contributed by atoms with van der Waals surface area (Å²) in [5.74, 6) is 0.193. The van der Waals surface area contributed by atoms with Gasteiger partial charge in [0, 0.05) is 50.9 Å². The summed E-state index contributed by atoms with van der Waals surface area (Å²) in [6.07, 6.45) is 3.36. The minimum Gasteiger partial charge on any atom is -0.378 e. The van der Waals surface area contributed by atoms with E-state index in [1.807, 2.05) is 48.2 Å². The molecule has 2 rings (SSSR count). The number of nitrogens with zero attached hydrogens (tertiary/aromatic N) is 2. The van der Waals surface area contributed by atoms with Gasteiger partial charge in [-0.15, -0.1) is 0 Å². The number of benzene rings is 1. The first-order valence-electron chi connectivity index (χ1n) is 8.38. The van der Waals surface area contributed by atoms with Crippen molar-refractivity contribution in [2.75, 3.05) is 32.1 Å². The van der Waals surface area contributed by atoms with Gasteiger partial charge in [0.2, 0.25) is 5.91 Å². The summed E-state index contributed by atoms with van der Waals surface area (Å²) in [5, 5.41) is 2.97. The summed E-state index contributed by atoms with van der Waals surface area (Å²) in [5.41, 5.74) is 1.67. The molecule has 5 heteroatoms. The van der Waals surface area contributed by atoms with Gasteiger partial charge in [-0.3, -0.25) is 9.59 Å². The lowest BCUT2D eigenvalue weighted by atomic mass is 10.1. The zero-order valence-electron chi connectivity index (χ0n) is 14.3. The van der Waals surface area contributed by atoms with Gasteiger partial charge in [-0.2, -0.15) is 0 Å². The third-order valence-corrected chi connectivity index (χ3v) is 4.41. The van der Waals surface area contributed by atoms with Crippen molar-refractivity contribution >= 4 is 17.5 Å². The first kappa shape index (κ1) is 17.3. The molecule has 1 heterocycles. The lowest BCUT2D eigenvalue weighted by Crippen LogP contribution is -2.38. The van der Waals surface area contributed by atoms with Crippen LogP contribution in [0.5, 0.6) is 0 Å². The Morgan fingerprint density at radius 1 is 1.39 bits per heavy atom. The Morgan fingerprint density at radius 2 is 2.17 bits per heavy atom. The summed E-state index contributed by atoms with van der Waals surface area (Å²) in [7, 11) is 3.91. The van der Waals surface area contributed by atoms with Crippen LogP contribution < -0.4 is 10.2 Å². The molecule has 23 heavy (non-hydrogen) atoms. The van der Waals surface area contributed by atoms with Crippen molar-refractivity contribution in [2.24, 2.45) is 0 Å². The number of carbonyl (C=O) groups excluding carboxylic acids is 2. The molecule has 1 aliphatic heterocycles. The molecule has 126 valence electrons. The minimum atomic E-state index is -0.0590. The average Bonchev–Trinajstić information content (AvgIpc) is 2.97. The molecule has 1 N–H and O–H groups in total. The minimum absolute atomic E-state index is 0.0590. The van der Waals surface area contributed by atoms with E-state index in [1.165, 1.54) is 0 Å². The van der Waals surface area contributed by atoms with Gasteiger partial charge in [-0.25, -0.2) is 0 Å². The number of rotatable bonds is 7. The smallest absolute Gasteiger partial charge is 0.251 e. The molecule has 1 aromatic carbocycles. The predicted octanol–water partition coefficient (Wildman–Crippen LogP) is 2.27. The number of hydrogen-bond donors (Lipinski definition) is 1. The maximum absolute atomic E-state index is 12.3. The van der Waals surface area contributed by atoms with Crippen LogP contribution in [0.3, 0.4) is 0 Å². The fourth-order valence-corrected chi connectivity index (χ4v) is 3.02. The second-order valence-electron chi connectivity index (χ2n) is 6.24. The van der Waals surface area contributed by atoms with Gasteiger partial charge in [0.15, 0.2) is 0 Å². The van der Waals surface area contributed by atoms with Crippen molar-refractivity contribution in [1.29, 1.82) is 0 Å². The summed E-state index contributed by atoms with van der Waals surface area (Å²) >= 11 is 0. The van der Waals surface area contributed by atoms with Gasteiger partial charge >= 0.3 is 0 Å². The topological polar surface area (TPSA) is 52.7 Å². The van der Waals surface area contributed by atoms with Crippen LogP contribution in [0.2, 0.25) is 0 Å². The first-order valence-corrected chi connectivity index (χ1v) is 8.38. The Bertz CT molecular complexity index is 557. The molecule has 0 spiro atoms. The highest BCUT2D eigenvalue weighted by molar-refractivity contribution is 5.95. The lowest BCUT2D eigenvalue weighted by molar-refractivity contribution is -0.129. The van der Waals surface area contributed by atoms with Crippen LogP contribution in [-0.4, -0.2) is 49.9 Å². The van der Waals surface area contributed by atoms with Crippen molar-refractivity contribution in [3.63, 3.8) is 0 Å². The molecule has 1 fully saturated rings. The van der Waals surface area contributed by atoms with Gasteiger partial charge < -0.3 is 15.1 Å². The first-order chi connectivity index (χ1) is 11.0. The van der Waals surface area contributed by atoms with Gasteiger partial charge in [0.05, 0.1) is 0 Å². The molecule has 0 bridgehead atoms. The number of likely N-dealkylation sites (tertiary alicyclic amines) is 1. The van der Waals surface area contributed by atoms with Crippen molar-refractivity contribution in [3.05, 3.63) is 29.8 Å². The highest BCUT2D eigenvalue weighted by Gasteiger charge is 2.26. The highest BCUT2D eigenvalue weighted by Crippen LogP contribution is 2.18. The summed E-state index contributed by atoms with van der Waals surface area (Å²) in [4.78, 5) is 28.0. The van der Waals surface area contributed by atoms with Crippen LogP contribution in [0.25, 0.3) is 0 Å². The Morgan fingerprint density at radius 3 is 2.78 bits per heavy atom. The third kappa shape index (κ3) is 4.47. The largest absolute Gasteiger partial charge is 0.378 e. The van der Waals surface area contributed by atoms with Gasteiger partial charge in [-0.1, -0.05) is 13.0 Å². The van der Waals surface area contributed by atoms with E-state index in [0.717, 1.165) is 31.5 Å². The van der Waals surface area contributed by atoms with Crippen LogP contribution in [0.15, 0.2) is 24.3 Å². The monoisotopic (exact) mass is 317 g/mol. The quantitative estimate of drug-likeness (QED) is 0.839. The van der Waals surface area contributed by atoms with Crippen LogP contribution in [0.4, 0.5) is 5.69 Å². The molecule has 1 aromatic rings. The summed E-state index contributed by atoms with van der Waals surface area (Å²) in [6.45, 7) is 3.54. The van der Waals surface area contributed by atoms with E-state index in [4.69, 9.17) is 0 Å². The van der Waals surface area contributed by atoms with Crippen molar-refractivity contribution in [1.82, 2.24) is 10.2 Å². The van der Waals surface area contributed by atoms with E-state index in [0.29, 0.717) is 18.5 Å². The third-order valence-electron chi connectivity index (χ3n) is 4.41. The fourth-order valence-electron chi connectivity index (χ4n) is 3.02. The van der Waals surface area contributed by atoms with Gasteiger partial charge in [0.1, 0.15) is 0 Å². The van der Waals surface area contributed by atoms with E-state index < -0.39 is 0 Å². The van der Waals surface area contributed by atoms with Gasteiger partial charge in [-0.05, 0) is 37.5 Å². The van der Waals surface area contributed by atoms with Crippen LogP contribution in [0, 0.1) is 0 Å². The van der Waals surface area contributed by atoms with E-state index in [2.05, 4.69) is 12.2 Å². The lowest BCUT2D eigenvalue weighted by Gasteiger charge is -2.26. The molecule has 1 saturated heterocycles. The number of nitrogens with one attached hydrogen (secondary N) is 1. The Kier molecular flexibility index (Phi) is 6.02. The molecule has 1 atom stereocenters. The molecule has 0 aliphatic carbocycles. The van der Waals surface area contributed by atoms with Crippen LogP contribution >= 0.6 is 0 Å². The number of hydrogen-bond acceptors (Lipinski definition) is 3. The normalized spacial score (nSPS) is 15.6. The Balaban J connectivity index is 1.86. The second-order valence-corrected chi connectivity index (χ2v) is 6.24. The van der Waals surface area contributed by atoms with Gasteiger partial charge in [0.25, 0.3) is 5.91 Å². The Labute approximate surface area is 138 Å². The number of carbonyl (C=O) groups is 2. The predicted molar refractivity (Wildman–Crippen MR) is 92.7 cm³/mol. The number of amides is 2. The van der Waals surface area contributed by atoms with Crippen molar-refractivity contribution in [3.8, 4) is 0 Å². The van der Waals surface area contributed by atoms with Crippen LogP contribution in [0.1, 0.15) is 43.0 Å². The van der Waals surface area contributed by atoms with Crippen molar-refractivity contribution in [2.45, 2.75) is 38.6 Å². The molecule has 0 aromatic heterocycles. The van der Waals surface area contributed by atoms with E-state index in [9.17, 15) is 9.59 Å². The summed E-state index contributed by atoms with van der Waals surface area (Å²) < 4.78 is 0. The zero-order chi connectivity index (χ0) is 16.8. The average molecular weight is 317 g/mol. The SMILES string of the molecule is CCC(CCNC(=O)c1cccc(N(C)C)c1)N1CCCC1=O. The van der Waals surface area contributed by atoms with Crippen molar-refractivity contribution < 1.29 is 9.59 Å². The highest BCUT2D eigenvalue weighted by atomic mass is 16.2. The molecule has 5 nitrogen and oxygen atoms in total. The molecule has 0 radical (unpaired) electrons. The maximum Gasteiger partial charge on any atom is 0.251 e. The molecular formula is C18H27N3O2. The zero-order valence-corrected chi connectivity index (χ0v) is 14.3. The van der Waals surface area contributed by atoms with E-state index in [1.54, 1.807) is 0 Å². The molecule has 0 saturated carbocycles. The molecular weight excluding hydrogens is 290 g/mol. The van der Waals surface area contributed by atoms with E-state index >= 15 is 0 Å². The second kappa shape index (κ2) is 7.99. The number of anilines is 1. The standard InChI is InChI=1S/C18H27N3O2/c1-4-15(21-12-6-9-17(21)22)10-11-19-18(23)14-7-5-8-16(13-14)20(2)3/h5,7-8,13,15H,4,6,9-12H2,1-3H3,(H,19,23). The maximum atomic E-state index is 12.3. The summed E-state index contributed by atoms with van der Waals surface area (Å²) in [6, 6.07) is 7.81. The molecule has 1 unspecified atom stereocenters. The van der Waals surface area contributed by atoms with Crippen LogP contribution in [-0.2, 0) is 4.79 Å². The van der Waals surface area contributed by atoms with E-state index in [-0.39, 0.29) is 17.9 Å². The molecule has 1 aliphatic rings. The fraction of sp³-hybridized carbons (Fsp3) is 0.556. The molecule has 2 amide bonds. The Hall–Kier alpha value is -2.04.